The van der Waals surface area contributed by atoms with E-state index in [1.165, 1.54) is 0 Å². The minimum absolute atomic E-state index is 0.152. The predicted octanol–water partition coefficient (Wildman–Crippen LogP) is 3.15. The van der Waals surface area contributed by atoms with Gasteiger partial charge >= 0.3 is 12.1 Å². The molecule has 0 aliphatic carbocycles. The van der Waals surface area contributed by atoms with Crippen molar-refractivity contribution < 1.29 is 28.9 Å². The highest BCUT2D eigenvalue weighted by atomic mass is 32.1. The Morgan fingerprint density at radius 3 is 2.88 bits per heavy atom. The Labute approximate surface area is 195 Å². The van der Waals surface area contributed by atoms with Gasteiger partial charge in [0.1, 0.15) is 11.0 Å². The normalized spacial score (nSPS) is 17.5. The molecule has 2 aromatic rings. The number of nitrogens with one attached hydrogen (secondary N) is 1. The predicted molar refractivity (Wildman–Crippen MR) is 119 cm³/mol. The van der Waals surface area contributed by atoms with Gasteiger partial charge in [-0.2, -0.15) is 4.98 Å². The Hall–Kier alpha value is -2.99. The van der Waals surface area contributed by atoms with Crippen LogP contribution in [0.4, 0.5) is 15.9 Å². The van der Waals surface area contributed by atoms with Crippen molar-refractivity contribution in [2.24, 2.45) is 0 Å². The first-order valence-electron chi connectivity index (χ1n) is 11.0. The molecule has 2 aliphatic rings. The van der Waals surface area contributed by atoms with Crippen LogP contribution in [-0.4, -0.2) is 69.5 Å². The van der Waals surface area contributed by atoms with E-state index >= 15 is 0 Å². The van der Waals surface area contributed by atoms with E-state index < -0.39 is 5.97 Å². The van der Waals surface area contributed by atoms with Gasteiger partial charge < -0.3 is 24.2 Å². The van der Waals surface area contributed by atoms with Crippen LogP contribution in [0.1, 0.15) is 52.8 Å². The van der Waals surface area contributed by atoms with E-state index in [1.54, 1.807) is 11.8 Å². The summed E-state index contributed by atoms with van der Waals surface area (Å²) in [5.41, 5.74) is 1.94. The van der Waals surface area contributed by atoms with Gasteiger partial charge in [-0.1, -0.05) is 24.7 Å². The summed E-state index contributed by atoms with van der Waals surface area (Å²) in [5, 5.41) is 12.7. The molecule has 1 fully saturated rings. The first-order valence-corrected chi connectivity index (χ1v) is 11.8. The van der Waals surface area contributed by atoms with Crippen LogP contribution in [0.5, 0.6) is 5.88 Å². The van der Waals surface area contributed by atoms with Crippen LogP contribution < -0.4 is 10.1 Å². The van der Waals surface area contributed by atoms with E-state index in [0.29, 0.717) is 61.6 Å². The molecular formula is C21H27N5O6S. The number of anilines is 2. The van der Waals surface area contributed by atoms with Crippen molar-refractivity contribution >= 4 is 34.5 Å². The molecule has 1 unspecified atom stereocenters. The molecule has 2 N–H and O–H groups in total. The van der Waals surface area contributed by atoms with Crippen molar-refractivity contribution in [1.29, 1.82) is 0 Å². The largest absolute Gasteiger partial charge is 0.477 e. The van der Waals surface area contributed by atoms with Gasteiger partial charge in [0.05, 0.1) is 37.8 Å². The van der Waals surface area contributed by atoms with Crippen LogP contribution in [0, 0.1) is 6.92 Å². The first kappa shape index (κ1) is 23.2. The van der Waals surface area contributed by atoms with Gasteiger partial charge in [-0.25, -0.2) is 19.6 Å². The Morgan fingerprint density at radius 1 is 1.33 bits per heavy atom. The number of carboxylic acid groups (broad SMARTS) is 1. The van der Waals surface area contributed by atoms with Gasteiger partial charge in [0.2, 0.25) is 11.8 Å². The number of fused-ring (bicyclic) bond motifs is 1. The smallest absolute Gasteiger partial charge is 0.410 e. The number of carboxylic acids is 1. The molecule has 4 heterocycles. The highest BCUT2D eigenvalue weighted by Crippen LogP contribution is 2.30. The molecule has 1 atom stereocenters. The van der Waals surface area contributed by atoms with Crippen molar-refractivity contribution in [3.63, 3.8) is 0 Å². The summed E-state index contributed by atoms with van der Waals surface area (Å²) in [4.78, 5) is 39.1. The minimum atomic E-state index is -1.03. The van der Waals surface area contributed by atoms with Crippen LogP contribution in [-0.2, 0) is 22.4 Å². The maximum atomic E-state index is 12.6. The van der Waals surface area contributed by atoms with Crippen LogP contribution in [0.3, 0.4) is 0 Å². The van der Waals surface area contributed by atoms with E-state index in [2.05, 4.69) is 27.2 Å². The topological polar surface area (TPSA) is 136 Å². The molecule has 1 amide bonds. The second kappa shape index (κ2) is 10.3. The zero-order chi connectivity index (χ0) is 23.4. The minimum Gasteiger partial charge on any atom is -0.477 e. The van der Waals surface area contributed by atoms with Gasteiger partial charge in [-0.3, -0.25) is 5.32 Å². The lowest BCUT2D eigenvalue weighted by Crippen LogP contribution is -2.39. The number of rotatable bonds is 8. The molecule has 2 aromatic heterocycles. The third kappa shape index (κ3) is 5.50. The molecular weight excluding hydrogens is 450 g/mol. The Kier molecular flexibility index (Phi) is 7.23. The van der Waals surface area contributed by atoms with Crippen LogP contribution >= 0.6 is 11.3 Å². The SMILES string of the molecule is CCCCOc1nc(Nc2nc(C)c(C(=O)O)s2)nc2c1CCN(C(=O)OC1CCOC1)C2. The van der Waals surface area contributed by atoms with Crippen molar-refractivity contribution in [3.8, 4) is 5.88 Å². The van der Waals surface area contributed by atoms with Crippen LogP contribution in [0.2, 0.25) is 0 Å². The molecule has 178 valence electrons. The fourth-order valence-corrected chi connectivity index (χ4v) is 4.41. The second-order valence-corrected chi connectivity index (χ2v) is 8.88. The third-order valence-electron chi connectivity index (χ3n) is 5.39. The molecule has 33 heavy (non-hydrogen) atoms. The van der Waals surface area contributed by atoms with Crippen molar-refractivity contribution in [2.45, 2.75) is 52.2 Å². The Bertz CT molecular complexity index is 1020. The lowest BCUT2D eigenvalue weighted by Gasteiger charge is -2.29. The number of hydrogen-bond donors (Lipinski definition) is 2. The van der Waals surface area contributed by atoms with Crippen molar-refractivity contribution in [1.82, 2.24) is 19.9 Å². The number of nitrogens with zero attached hydrogens (tertiary/aromatic N) is 4. The highest BCUT2D eigenvalue weighted by molar-refractivity contribution is 7.17. The molecule has 0 radical (unpaired) electrons. The summed E-state index contributed by atoms with van der Waals surface area (Å²) in [7, 11) is 0. The molecule has 0 saturated carbocycles. The quantitative estimate of drug-likeness (QED) is 0.546. The summed E-state index contributed by atoms with van der Waals surface area (Å²) >= 11 is 1.01. The average Bonchev–Trinajstić information content (AvgIpc) is 3.42. The maximum Gasteiger partial charge on any atom is 0.410 e. The number of carbonyl (C=O) groups excluding carboxylic acids is 1. The Balaban J connectivity index is 1.55. The van der Waals surface area contributed by atoms with E-state index in [-0.39, 0.29) is 29.6 Å². The molecule has 12 heteroatoms. The van der Waals surface area contributed by atoms with Gasteiger partial charge in [-0.05, 0) is 19.8 Å². The summed E-state index contributed by atoms with van der Waals surface area (Å²) in [6.45, 7) is 6.00. The number of aromatic carboxylic acids is 1. The fraction of sp³-hybridized carbons (Fsp3) is 0.571. The van der Waals surface area contributed by atoms with E-state index in [4.69, 9.17) is 14.2 Å². The number of ether oxygens (including phenoxy) is 3. The Morgan fingerprint density at radius 2 is 2.18 bits per heavy atom. The van der Waals surface area contributed by atoms with Gasteiger partial charge in [0.25, 0.3) is 0 Å². The first-order chi connectivity index (χ1) is 15.9. The van der Waals surface area contributed by atoms with Gasteiger partial charge in [-0.15, -0.1) is 0 Å². The summed E-state index contributed by atoms with van der Waals surface area (Å²) in [6, 6.07) is 0. The zero-order valence-electron chi connectivity index (χ0n) is 18.6. The second-order valence-electron chi connectivity index (χ2n) is 7.88. The maximum absolute atomic E-state index is 12.6. The summed E-state index contributed by atoms with van der Waals surface area (Å²) in [5.74, 6) is -0.319. The lowest BCUT2D eigenvalue weighted by atomic mass is 10.1. The van der Waals surface area contributed by atoms with Crippen molar-refractivity contribution in [3.05, 3.63) is 21.8 Å². The molecule has 0 bridgehead atoms. The number of thiazole rings is 1. The standard InChI is InChI=1S/C21H27N5O6S/c1-3-4-8-31-17-14-5-7-26(21(29)32-13-6-9-30-11-13)10-15(14)23-19(24-17)25-20-22-12(2)16(33-20)18(27)28/h13H,3-11H2,1-2H3,(H,27,28)(H,22,23,24,25). The van der Waals surface area contributed by atoms with Crippen LogP contribution in [0.25, 0.3) is 0 Å². The number of carbonyl (C=O) groups is 2. The van der Waals surface area contributed by atoms with E-state index in [1.807, 2.05) is 0 Å². The molecule has 0 aromatic carbocycles. The highest BCUT2D eigenvalue weighted by Gasteiger charge is 2.29. The third-order valence-corrected chi connectivity index (χ3v) is 6.45. The lowest BCUT2D eigenvalue weighted by molar-refractivity contribution is 0.0511. The monoisotopic (exact) mass is 477 g/mol. The number of amides is 1. The number of aryl methyl sites for hydroxylation is 1. The molecule has 2 aliphatic heterocycles. The fourth-order valence-electron chi connectivity index (χ4n) is 3.61. The molecule has 11 nitrogen and oxygen atoms in total. The summed E-state index contributed by atoms with van der Waals surface area (Å²) < 4.78 is 16.8. The molecule has 4 rings (SSSR count). The summed E-state index contributed by atoms with van der Waals surface area (Å²) in [6.07, 6.45) is 2.52. The average molecular weight is 478 g/mol. The number of unbranched alkanes of at least 4 members (excludes halogenated alkanes) is 1. The zero-order valence-corrected chi connectivity index (χ0v) is 19.4. The van der Waals surface area contributed by atoms with E-state index in [0.717, 1.165) is 29.7 Å². The molecule has 1 saturated heterocycles. The number of aromatic nitrogens is 3. The van der Waals surface area contributed by atoms with Crippen molar-refractivity contribution in [2.75, 3.05) is 31.7 Å². The van der Waals surface area contributed by atoms with E-state index in [9.17, 15) is 14.7 Å². The van der Waals surface area contributed by atoms with Crippen LogP contribution in [0.15, 0.2) is 0 Å². The van der Waals surface area contributed by atoms with Gasteiger partial charge in [0, 0.05) is 18.5 Å². The molecule has 0 spiro atoms. The number of hydrogen-bond acceptors (Lipinski definition) is 10. The van der Waals surface area contributed by atoms with Gasteiger partial charge in [0.15, 0.2) is 5.13 Å².